The number of nitro groups is 1. The van der Waals surface area contributed by atoms with Crippen LogP contribution in [-0.4, -0.2) is 19.6 Å². The predicted octanol–water partition coefficient (Wildman–Crippen LogP) is 3.15. The molecule has 3 aromatic rings. The lowest BCUT2D eigenvalue weighted by atomic mass is 10.1. The Kier molecular flexibility index (Phi) is 3.12. The molecule has 0 fully saturated rings. The molecule has 1 N–H and O–H groups in total. The van der Waals surface area contributed by atoms with Gasteiger partial charge in [-0.05, 0) is 36.4 Å². The summed E-state index contributed by atoms with van der Waals surface area (Å²) in [5, 5.41) is 19.9. The van der Waals surface area contributed by atoms with Gasteiger partial charge in [0.1, 0.15) is 5.75 Å². The van der Waals surface area contributed by atoms with E-state index in [0.29, 0.717) is 0 Å². The van der Waals surface area contributed by atoms with E-state index in [4.69, 9.17) is 0 Å². The second-order valence-electron chi connectivity index (χ2n) is 4.49. The van der Waals surface area contributed by atoms with Gasteiger partial charge in [-0.2, -0.15) is 0 Å². The highest BCUT2D eigenvalue weighted by atomic mass is 16.6. The molecule has 0 atom stereocenters. The lowest BCUT2D eigenvalue weighted by Crippen LogP contribution is -1.88. The van der Waals surface area contributed by atoms with Crippen LogP contribution in [0.15, 0.2) is 61.1 Å². The van der Waals surface area contributed by atoms with E-state index >= 15 is 0 Å². The number of imidazole rings is 1. The van der Waals surface area contributed by atoms with Crippen molar-refractivity contribution in [1.29, 1.82) is 0 Å². The number of phenols is 1. The smallest absolute Gasteiger partial charge is 0.269 e. The van der Waals surface area contributed by atoms with Crippen LogP contribution < -0.4 is 0 Å². The number of phenolic OH excluding ortho intramolecular Hbond substituents is 1. The number of rotatable bonds is 3. The standard InChI is InChI=1S/C15H11N3O3/c19-14-7-5-12(6-8-14)17-9-15(16-10-17)11-1-3-13(4-2-11)18(20)21/h1-10,19H. The normalized spacial score (nSPS) is 10.5. The Morgan fingerprint density at radius 1 is 1.05 bits per heavy atom. The minimum absolute atomic E-state index is 0.0525. The molecule has 0 spiro atoms. The highest BCUT2D eigenvalue weighted by Gasteiger charge is 2.07. The van der Waals surface area contributed by atoms with Gasteiger partial charge in [-0.15, -0.1) is 0 Å². The molecule has 1 aromatic heterocycles. The number of benzene rings is 2. The van der Waals surface area contributed by atoms with Crippen molar-refractivity contribution in [1.82, 2.24) is 9.55 Å². The Labute approximate surface area is 120 Å². The number of aromatic hydroxyl groups is 1. The van der Waals surface area contributed by atoms with Gasteiger partial charge in [-0.1, -0.05) is 0 Å². The lowest BCUT2D eigenvalue weighted by molar-refractivity contribution is -0.384. The summed E-state index contributed by atoms with van der Waals surface area (Å²) < 4.78 is 1.82. The lowest BCUT2D eigenvalue weighted by Gasteiger charge is -2.01. The van der Waals surface area contributed by atoms with Gasteiger partial charge in [-0.3, -0.25) is 10.1 Å². The van der Waals surface area contributed by atoms with Gasteiger partial charge in [0.25, 0.3) is 5.69 Å². The van der Waals surface area contributed by atoms with Gasteiger partial charge in [0.05, 0.1) is 16.9 Å². The third-order valence-electron chi connectivity index (χ3n) is 3.10. The Balaban J connectivity index is 1.90. The van der Waals surface area contributed by atoms with Crippen molar-refractivity contribution in [2.75, 3.05) is 0 Å². The predicted molar refractivity (Wildman–Crippen MR) is 77.3 cm³/mol. The second kappa shape index (κ2) is 5.09. The summed E-state index contributed by atoms with van der Waals surface area (Å²) in [6.45, 7) is 0. The van der Waals surface area contributed by atoms with E-state index in [-0.39, 0.29) is 11.4 Å². The van der Waals surface area contributed by atoms with Gasteiger partial charge >= 0.3 is 0 Å². The van der Waals surface area contributed by atoms with E-state index in [0.717, 1.165) is 16.9 Å². The Morgan fingerprint density at radius 2 is 1.71 bits per heavy atom. The van der Waals surface area contributed by atoms with E-state index in [9.17, 15) is 15.2 Å². The Bertz CT molecular complexity index is 777. The molecule has 0 radical (unpaired) electrons. The number of non-ortho nitro benzene ring substituents is 1. The van der Waals surface area contributed by atoms with Gasteiger partial charge < -0.3 is 9.67 Å². The summed E-state index contributed by atoms with van der Waals surface area (Å²) in [7, 11) is 0. The molecule has 0 saturated heterocycles. The fraction of sp³-hybridized carbons (Fsp3) is 0. The fourth-order valence-corrected chi connectivity index (χ4v) is 1.99. The van der Waals surface area contributed by atoms with E-state index in [1.807, 2.05) is 10.8 Å². The maximum Gasteiger partial charge on any atom is 0.269 e. The monoisotopic (exact) mass is 281 g/mol. The van der Waals surface area contributed by atoms with Crippen molar-refractivity contribution in [3.05, 3.63) is 71.2 Å². The minimum Gasteiger partial charge on any atom is -0.508 e. The molecule has 0 aliphatic carbocycles. The van der Waals surface area contributed by atoms with E-state index in [2.05, 4.69) is 4.98 Å². The molecule has 3 rings (SSSR count). The van der Waals surface area contributed by atoms with E-state index in [1.54, 1.807) is 42.7 Å². The molecule has 0 unspecified atom stereocenters. The highest BCUT2D eigenvalue weighted by molar-refractivity contribution is 5.60. The molecule has 21 heavy (non-hydrogen) atoms. The Morgan fingerprint density at radius 3 is 2.33 bits per heavy atom. The van der Waals surface area contributed by atoms with Gasteiger partial charge in [0.15, 0.2) is 0 Å². The van der Waals surface area contributed by atoms with Crippen molar-refractivity contribution in [2.45, 2.75) is 0 Å². The molecule has 6 heteroatoms. The zero-order valence-electron chi connectivity index (χ0n) is 10.9. The summed E-state index contributed by atoms with van der Waals surface area (Å²) in [5.41, 5.74) is 2.45. The van der Waals surface area contributed by atoms with Crippen LogP contribution in [0.5, 0.6) is 5.75 Å². The zero-order valence-corrected chi connectivity index (χ0v) is 10.9. The number of nitro benzene ring substituents is 1. The first-order chi connectivity index (χ1) is 10.1. The van der Waals surface area contributed by atoms with Gasteiger partial charge in [-0.25, -0.2) is 4.98 Å². The molecule has 104 valence electrons. The van der Waals surface area contributed by atoms with Crippen LogP contribution >= 0.6 is 0 Å². The van der Waals surface area contributed by atoms with Crippen molar-refractivity contribution in [2.24, 2.45) is 0 Å². The molecule has 2 aromatic carbocycles. The maximum atomic E-state index is 10.6. The fourth-order valence-electron chi connectivity index (χ4n) is 1.99. The van der Waals surface area contributed by atoms with Crippen LogP contribution in [0.3, 0.4) is 0 Å². The summed E-state index contributed by atoms with van der Waals surface area (Å²) in [4.78, 5) is 14.5. The minimum atomic E-state index is -0.432. The van der Waals surface area contributed by atoms with Crippen LogP contribution in [0, 0.1) is 10.1 Å². The number of hydrogen-bond acceptors (Lipinski definition) is 4. The quantitative estimate of drug-likeness (QED) is 0.590. The molecular formula is C15H11N3O3. The zero-order chi connectivity index (χ0) is 14.8. The number of nitrogens with zero attached hydrogens (tertiary/aromatic N) is 3. The molecular weight excluding hydrogens is 270 g/mol. The van der Waals surface area contributed by atoms with Crippen LogP contribution in [0.2, 0.25) is 0 Å². The average Bonchev–Trinajstić information content (AvgIpc) is 2.98. The third kappa shape index (κ3) is 2.59. The summed E-state index contributed by atoms with van der Waals surface area (Å²) in [6.07, 6.45) is 3.48. The summed E-state index contributed by atoms with van der Waals surface area (Å²) in [5.74, 6) is 0.203. The SMILES string of the molecule is O=[N+]([O-])c1ccc(-c2cn(-c3ccc(O)cc3)cn2)cc1. The van der Waals surface area contributed by atoms with Crippen LogP contribution in [0.4, 0.5) is 5.69 Å². The van der Waals surface area contributed by atoms with Gasteiger partial charge in [0, 0.05) is 29.6 Å². The average molecular weight is 281 g/mol. The summed E-state index contributed by atoms with van der Waals surface area (Å²) >= 11 is 0. The largest absolute Gasteiger partial charge is 0.508 e. The van der Waals surface area contributed by atoms with Crippen LogP contribution in [-0.2, 0) is 0 Å². The Hall–Kier alpha value is -3.15. The molecule has 0 amide bonds. The highest BCUT2D eigenvalue weighted by Crippen LogP contribution is 2.22. The van der Waals surface area contributed by atoms with Crippen LogP contribution in [0.1, 0.15) is 0 Å². The molecule has 0 aliphatic rings. The maximum absolute atomic E-state index is 10.6. The number of hydrogen-bond donors (Lipinski definition) is 1. The van der Waals surface area contributed by atoms with Crippen molar-refractivity contribution in [3.8, 4) is 22.7 Å². The first-order valence-corrected chi connectivity index (χ1v) is 6.22. The second-order valence-corrected chi connectivity index (χ2v) is 4.49. The first-order valence-electron chi connectivity index (χ1n) is 6.22. The first kappa shape index (κ1) is 12.9. The molecule has 6 nitrogen and oxygen atoms in total. The van der Waals surface area contributed by atoms with Crippen molar-refractivity contribution < 1.29 is 10.0 Å². The molecule has 0 bridgehead atoms. The van der Waals surface area contributed by atoms with Crippen molar-refractivity contribution in [3.63, 3.8) is 0 Å². The third-order valence-corrected chi connectivity index (χ3v) is 3.10. The van der Waals surface area contributed by atoms with Gasteiger partial charge in [0.2, 0.25) is 0 Å². The molecule has 0 saturated carbocycles. The topological polar surface area (TPSA) is 81.2 Å². The molecule has 1 heterocycles. The number of aromatic nitrogens is 2. The van der Waals surface area contributed by atoms with Crippen LogP contribution in [0.25, 0.3) is 16.9 Å². The van der Waals surface area contributed by atoms with Crippen molar-refractivity contribution >= 4 is 5.69 Å². The van der Waals surface area contributed by atoms with E-state index < -0.39 is 4.92 Å². The molecule has 0 aliphatic heterocycles. The summed E-state index contributed by atoms with van der Waals surface area (Å²) in [6, 6.07) is 13.0. The van der Waals surface area contributed by atoms with E-state index in [1.165, 1.54) is 12.1 Å².